The Kier molecular flexibility index (Phi) is 6.70. The second-order valence-corrected chi connectivity index (χ2v) is 13.0. The molecule has 3 aliphatic rings. The topological polar surface area (TPSA) is 121 Å². The van der Waals surface area contributed by atoms with Crippen LogP contribution in [0, 0.1) is 5.92 Å². The zero-order valence-electron chi connectivity index (χ0n) is 18.6. The molecule has 1 aromatic rings. The summed E-state index contributed by atoms with van der Waals surface area (Å²) in [5.41, 5.74) is 0.641. The number of nitrogens with zero attached hydrogens (tertiary/aromatic N) is 3. The molecule has 10 nitrogen and oxygen atoms in total. The number of hydrogen-bond acceptors (Lipinski definition) is 7. The van der Waals surface area contributed by atoms with Crippen LogP contribution in [0.2, 0.25) is 0 Å². The molecule has 3 aliphatic heterocycles. The molecule has 2 atom stereocenters. The Morgan fingerprint density at radius 3 is 2.48 bits per heavy atom. The molecule has 1 aromatic carbocycles. The van der Waals surface area contributed by atoms with E-state index in [-0.39, 0.29) is 68.9 Å². The molecule has 33 heavy (non-hydrogen) atoms. The Morgan fingerprint density at radius 1 is 1.15 bits per heavy atom. The summed E-state index contributed by atoms with van der Waals surface area (Å²) in [6.07, 6.45) is 0.213. The van der Waals surface area contributed by atoms with Gasteiger partial charge in [0.2, 0.25) is 21.8 Å². The van der Waals surface area contributed by atoms with Gasteiger partial charge in [-0.15, -0.1) is 0 Å². The van der Waals surface area contributed by atoms with Crippen molar-refractivity contribution < 1.29 is 31.2 Å². The highest BCUT2D eigenvalue weighted by atomic mass is 32.2. The number of anilines is 1. The van der Waals surface area contributed by atoms with E-state index >= 15 is 0 Å². The van der Waals surface area contributed by atoms with E-state index in [0.29, 0.717) is 18.0 Å². The Hall–Kier alpha value is -2.18. The van der Waals surface area contributed by atoms with Crippen LogP contribution >= 0.6 is 0 Å². The van der Waals surface area contributed by atoms with Crippen molar-refractivity contribution in [2.75, 3.05) is 55.7 Å². The monoisotopic (exact) mass is 499 g/mol. The summed E-state index contributed by atoms with van der Waals surface area (Å²) >= 11 is 0. The second-order valence-electron chi connectivity index (χ2n) is 8.60. The average molecular weight is 500 g/mol. The molecule has 0 aliphatic carbocycles. The predicted molar refractivity (Wildman–Crippen MR) is 122 cm³/mol. The number of carbonyl (C=O) groups excluding carboxylic acids is 2. The summed E-state index contributed by atoms with van der Waals surface area (Å²) in [5, 5.41) is -0.906. The van der Waals surface area contributed by atoms with E-state index in [4.69, 9.17) is 4.74 Å². The molecule has 3 saturated heterocycles. The Balaban J connectivity index is 1.37. The van der Waals surface area contributed by atoms with E-state index in [1.54, 1.807) is 21.9 Å². The lowest BCUT2D eigenvalue weighted by Crippen LogP contribution is -2.54. The molecule has 0 saturated carbocycles. The number of benzene rings is 1. The number of carbonyl (C=O) groups is 2. The van der Waals surface area contributed by atoms with Gasteiger partial charge in [0, 0.05) is 39.1 Å². The van der Waals surface area contributed by atoms with Crippen LogP contribution in [0.4, 0.5) is 5.69 Å². The quantitative estimate of drug-likeness (QED) is 0.544. The van der Waals surface area contributed by atoms with Crippen LogP contribution in [-0.4, -0.2) is 93.9 Å². The number of amides is 2. The van der Waals surface area contributed by atoms with Crippen molar-refractivity contribution in [1.29, 1.82) is 0 Å². The van der Waals surface area contributed by atoms with Crippen molar-refractivity contribution in [3.63, 3.8) is 0 Å². The normalized spacial score (nSPS) is 26.0. The van der Waals surface area contributed by atoms with Gasteiger partial charge < -0.3 is 14.5 Å². The standard InChI is InChI=1S/C21H29N3O7S2/c1-2-31-19-6-4-3-5-18(19)24-14-16(13-20(24)25)21(26)22-8-10-23(11-9-22)33(29,30)17-7-12-32(27,28)15-17/h3-6,16-17H,2,7-15H2,1H3. The molecular formula is C21H29N3O7S2. The molecule has 3 fully saturated rings. The van der Waals surface area contributed by atoms with Crippen LogP contribution in [0.3, 0.4) is 0 Å². The molecule has 2 amide bonds. The first kappa shape index (κ1) is 24.0. The molecular weight excluding hydrogens is 470 g/mol. The fourth-order valence-electron chi connectivity index (χ4n) is 4.69. The third-order valence-electron chi connectivity index (χ3n) is 6.45. The van der Waals surface area contributed by atoms with Gasteiger partial charge in [0.25, 0.3) is 0 Å². The lowest BCUT2D eigenvalue weighted by Gasteiger charge is -2.36. The Labute approximate surface area is 194 Å². The lowest BCUT2D eigenvalue weighted by molar-refractivity contribution is -0.136. The summed E-state index contributed by atoms with van der Waals surface area (Å²) in [4.78, 5) is 29.0. The molecule has 0 N–H and O–H groups in total. The van der Waals surface area contributed by atoms with Gasteiger partial charge in [-0.3, -0.25) is 9.59 Å². The molecule has 2 unspecified atom stereocenters. The third kappa shape index (κ3) is 4.87. The summed E-state index contributed by atoms with van der Waals surface area (Å²) in [6, 6.07) is 7.22. The van der Waals surface area contributed by atoms with Crippen LogP contribution in [0.5, 0.6) is 5.75 Å². The lowest BCUT2D eigenvalue weighted by atomic mass is 10.1. The Morgan fingerprint density at radius 2 is 1.85 bits per heavy atom. The highest BCUT2D eigenvalue weighted by Crippen LogP contribution is 2.34. The van der Waals surface area contributed by atoms with Gasteiger partial charge in [-0.2, -0.15) is 4.31 Å². The molecule has 0 spiro atoms. The van der Waals surface area contributed by atoms with Crippen molar-refractivity contribution in [3.05, 3.63) is 24.3 Å². The van der Waals surface area contributed by atoms with Crippen LogP contribution in [0.15, 0.2) is 24.3 Å². The number of sulfonamides is 1. The minimum atomic E-state index is -3.72. The summed E-state index contributed by atoms with van der Waals surface area (Å²) < 4.78 is 56.0. The maximum atomic E-state index is 13.1. The number of piperazine rings is 1. The molecule has 0 aromatic heterocycles. The largest absolute Gasteiger partial charge is 0.492 e. The fourth-order valence-corrected chi connectivity index (χ4v) is 9.20. The van der Waals surface area contributed by atoms with Crippen molar-refractivity contribution in [2.45, 2.75) is 25.0 Å². The highest BCUT2D eigenvalue weighted by molar-refractivity contribution is 7.95. The maximum Gasteiger partial charge on any atom is 0.228 e. The summed E-state index contributed by atoms with van der Waals surface area (Å²) in [7, 11) is -7.03. The maximum absolute atomic E-state index is 13.1. The van der Waals surface area contributed by atoms with E-state index in [1.807, 2.05) is 19.1 Å². The van der Waals surface area contributed by atoms with Gasteiger partial charge in [-0.25, -0.2) is 16.8 Å². The van der Waals surface area contributed by atoms with Crippen LogP contribution in [0.1, 0.15) is 19.8 Å². The number of para-hydroxylation sites is 2. The van der Waals surface area contributed by atoms with E-state index < -0.39 is 31.0 Å². The fraction of sp³-hybridized carbons (Fsp3) is 0.619. The van der Waals surface area contributed by atoms with Crippen molar-refractivity contribution in [1.82, 2.24) is 9.21 Å². The molecule has 4 rings (SSSR count). The minimum Gasteiger partial charge on any atom is -0.492 e. The summed E-state index contributed by atoms with van der Waals surface area (Å²) in [5.74, 6) is -0.667. The first-order valence-electron chi connectivity index (χ1n) is 11.1. The molecule has 0 bridgehead atoms. The predicted octanol–water partition coefficient (Wildman–Crippen LogP) is 0.0993. The molecule has 182 valence electrons. The minimum absolute atomic E-state index is 0.0950. The second kappa shape index (κ2) is 9.22. The van der Waals surface area contributed by atoms with Crippen molar-refractivity contribution >= 4 is 37.4 Å². The van der Waals surface area contributed by atoms with Gasteiger partial charge in [-0.1, -0.05) is 12.1 Å². The first-order valence-corrected chi connectivity index (χ1v) is 14.4. The SMILES string of the molecule is CCOc1ccccc1N1CC(C(=O)N2CCN(S(=O)(=O)C3CCS(=O)(=O)C3)CC2)CC1=O. The number of ether oxygens (including phenoxy) is 1. The smallest absolute Gasteiger partial charge is 0.228 e. The average Bonchev–Trinajstić information content (AvgIpc) is 3.36. The van der Waals surface area contributed by atoms with Crippen molar-refractivity contribution in [2.24, 2.45) is 5.92 Å². The number of rotatable bonds is 6. The van der Waals surface area contributed by atoms with E-state index in [0.717, 1.165) is 0 Å². The van der Waals surface area contributed by atoms with E-state index in [9.17, 15) is 26.4 Å². The summed E-state index contributed by atoms with van der Waals surface area (Å²) in [6.45, 7) is 3.27. The molecule has 3 heterocycles. The van der Waals surface area contributed by atoms with Crippen LogP contribution < -0.4 is 9.64 Å². The van der Waals surface area contributed by atoms with Gasteiger partial charge >= 0.3 is 0 Å². The van der Waals surface area contributed by atoms with E-state index in [1.165, 1.54) is 4.31 Å². The number of sulfone groups is 1. The Bertz CT molecular complexity index is 1130. The van der Waals surface area contributed by atoms with Gasteiger partial charge in [0.1, 0.15) is 5.75 Å². The first-order chi connectivity index (χ1) is 15.6. The molecule has 12 heteroatoms. The van der Waals surface area contributed by atoms with Gasteiger partial charge in [0.15, 0.2) is 9.84 Å². The highest BCUT2D eigenvalue weighted by Gasteiger charge is 2.43. The van der Waals surface area contributed by atoms with Crippen LogP contribution in [0.25, 0.3) is 0 Å². The van der Waals surface area contributed by atoms with E-state index in [2.05, 4.69) is 0 Å². The number of hydrogen-bond donors (Lipinski definition) is 0. The zero-order valence-corrected chi connectivity index (χ0v) is 20.2. The van der Waals surface area contributed by atoms with Crippen LogP contribution in [-0.2, 0) is 29.4 Å². The zero-order chi connectivity index (χ0) is 23.8. The van der Waals surface area contributed by atoms with Gasteiger partial charge in [0.05, 0.1) is 35.0 Å². The third-order valence-corrected chi connectivity index (χ3v) is 10.8. The molecule has 0 radical (unpaired) electrons. The van der Waals surface area contributed by atoms with Crippen molar-refractivity contribution in [3.8, 4) is 5.75 Å². The van der Waals surface area contributed by atoms with Gasteiger partial charge in [-0.05, 0) is 25.5 Å².